The molecule has 0 aliphatic rings. The van der Waals surface area contributed by atoms with Crippen LogP contribution in [0.3, 0.4) is 0 Å². The highest BCUT2D eigenvalue weighted by molar-refractivity contribution is 7.20. The van der Waals surface area contributed by atoms with Crippen LogP contribution < -0.4 is 9.88 Å². The van der Waals surface area contributed by atoms with Gasteiger partial charge in [-0.25, -0.2) is 4.79 Å². The van der Waals surface area contributed by atoms with Crippen LogP contribution in [0.2, 0.25) is 0 Å². The number of nitrogens with zero attached hydrogens (tertiary/aromatic N) is 1. The summed E-state index contributed by atoms with van der Waals surface area (Å²) in [5, 5.41) is 12.9. The molecule has 0 radical (unpaired) electrons. The summed E-state index contributed by atoms with van der Waals surface area (Å²) in [6.45, 7) is 3.70. The van der Waals surface area contributed by atoms with Crippen molar-refractivity contribution in [3.63, 3.8) is 0 Å². The summed E-state index contributed by atoms with van der Waals surface area (Å²) >= 11 is 1.32. The SMILES string of the molecule is CCOC(=O)c1cc(-c2ccccc2)sc1NC(=O)[C@@H](C)[n+]1cccc(O)c1. The summed E-state index contributed by atoms with van der Waals surface area (Å²) in [6.07, 6.45) is 3.17. The Balaban J connectivity index is 1.90. The van der Waals surface area contributed by atoms with Crippen LogP contribution in [-0.4, -0.2) is 23.6 Å². The summed E-state index contributed by atoms with van der Waals surface area (Å²) in [5.41, 5.74) is 1.28. The van der Waals surface area contributed by atoms with E-state index in [0.717, 1.165) is 10.4 Å². The van der Waals surface area contributed by atoms with Gasteiger partial charge in [-0.15, -0.1) is 11.3 Å². The van der Waals surface area contributed by atoms with Crippen LogP contribution >= 0.6 is 11.3 Å². The van der Waals surface area contributed by atoms with Crippen LogP contribution in [0, 0.1) is 0 Å². The first kappa shape index (κ1) is 19.6. The molecule has 0 fully saturated rings. The Morgan fingerprint density at radius 1 is 1.21 bits per heavy atom. The number of rotatable bonds is 6. The van der Waals surface area contributed by atoms with Crippen LogP contribution in [0.25, 0.3) is 10.4 Å². The van der Waals surface area contributed by atoms with Gasteiger partial charge in [0.25, 0.3) is 5.91 Å². The van der Waals surface area contributed by atoms with E-state index in [2.05, 4.69) is 5.32 Å². The molecular formula is C21H21N2O4S+. The molecule has 7 heteroatoms. The average Bonchev–Trinajstić information content (AvgIpc) is 3.12. The zero-order chi connectivity index (χ0) is 20.1. The minimum absolute atomic E-state index is 0.0665. The number of hydrogen-bond acceptors (Lipinski definition) is 5. The first-order valence-corrected chi connectivity index (χ1v) is 9.68. The third kappa shape index (κ3) is 4.37. The standard InChI is InChI=1S/C21H20N2O4S/c1-3-27-21(26)17-12-18(15-8-5-4-6-9-15)28-20(17)22-19(25)14(2)23-11-7-10-16(24)13-23/h4-14H,3H2,1-2H3,(H-,22,24,25,26)/p+1/t14-/m1/s1. The molecular weight excluding hydrogens is 376 g/mol. The molecule has 6 nitrogen and oxygen atoms in total. The van der Waals surface area contributed by atoms with Crippen LogP contribution in [-0.2, 0) is 9.53 Å². The van der Waals surface area contributed by atoms with Gasteiger partial charge in [-0.1, -0.05) is 30.3 Å². The van der Waals surface area contributed by atoms with Crippen molar-refractivity contribution in [1.29, 1.82) is 0 Å². The Morgan fingerprint density at radius 3 is 2.64 bits per heavy atom. The van der Waals surface area contributed by atoms with Gasteiger partial charge in [-0.2, -0.15) is 4.57 Å². The van der Waals surface area contributed by atoms with Crippen LogP contribution in [0.15, 0.2) is 60.9 Å². The van der Waals surface area contributed by atoms with E-state index in [0.29, 0.717) is 10.6 Å². The van der Waals surface area contributed by atoms with Gasteiger partial charge in [-0.05, 0) is 24.6 Å². The highest BCUT2D eigenvalue weighted by Gasteiger charge is 2.26. The first-order valence-electron chi connectivity index (χ1n) is 8.86. The molecule has 3 rings (SSSR count). The predicted molar refractivity (Wildman–Crippen MR) is 107 cm³/mol. The van der Waals surface area contributed by atoms with Gasteiger partial charge in [0.2, 0.25) is 12.2 Å². The first-order chi connectivity index (χ1) is 13.5. The average molecular weight is 397 g/mol. The molecule has 0 unspecified atom stereocenters. The summed E-state index contributed by atoms with van der Waals surface area (Å²) in [7, 11) is 0. The zero-order valence-corrected chi connectivity index (χ0v) is 16.4. The van der Waals surface area contributed by atoms with E-state index in [1.807, 2.05) is 30.3 Å². The quantitative estimate of drug-likeness (QED) is 0.490. The van der Waals surface area contributed by atoms with E-state index in [4.69, 9.17) is 4.74 Å². The number of esters is 1. The van der Waals surface area contributed by atoms with Crippen molar-refractivity contribution in [2.24, 2.45) is 0 Å². The second kappa shape index (κ2) is 8.67. The molecule has 0 aliphatic carbocycles. The molecule has 2 heterocycles. The van der Waals surface area contributed by atoms with E-state index in [1.165, 1.54) is 23.6 Å². The maximum Gasteiger partial charge on any atom is 0.341 e. The molecule has 3 aromatic rings. The minimum Gasteiger partial charge on any atom is -0.503 e. The van der Waals surface area contributed by atoms with Crippen LogP contribution in [0.4, 0.5) is 5.00 Å². The third-order valence-electron chi connectivity index (χ3n) is 4.16. The fourth-order valence-electron chi connectivity index (χ4n) is 2.66. The summed E-state index contributed by atoms with van der Waals surface area (Å²) in [5.74, 6) is -0.714. The van der Waals surface area contributed by atoms with E-state index in [9.17, 15) is 14.7 Å². The number of pyridine rings is 1. The fourth-order valence-corrected chi connectivity index (χ4v) is 3.72. The second-order valence-corrected chi connectivity index (χ2v) is 7.17. The molecule has 0 saturated carbocycles. The van der Waals surface area contributed by atoms with Crippen molar-refractivity contribution in [3.05, 3.63) is 66.5 Å². The topological polar surface area (TPSA) is 79.5 Å². The molecule has 1 amide bonds. The summed E-state index contributed by atoms with van der Waals surface area (Å²) < 4.78 is 6.74. The van der Waals surface area contributed by atoms with Gasteiger partial charge in [0.05, 0.1) is 12.2 Å². The molecule has 1 atom stereocenters. The molecule has 0 aliphatic heterocycles. The van der Waals surface area contributed by atoms with Crippen LogP contribution in [0.5, 0.6) is 5.75 Å². The van der Waals surface area contributed by atoms with Crippen LogP contribution in [0.1, 0.15) is 30.2 Å². The Kier molecular flexibility index (Phi) is 6.06. The van der Waals surface area contributed by atoms with Gasteiger partial charge < -0.3 is 15.2 Å². The lowest BCUT2D eigenvalue weighted by atomic mass is 10.1. The minimum atomic E-state index is -0.579. The number of hydrogen-bond donors (Lipinski definition) is 2. The predicted octanol–water partition coefficient (Wildman–Crippen LogP) is 3.78. The molecule has 0 bridgehead atoms. The molecule has 1 aromatic carbocycles. The van der Waals surface area contributed by atoms with Gasteiger partial charge in [0.1, 0.15) is 5.00 Å². The van der Waals surface area contributed by atoms with E-state index >= 15 is 0 Å². The zero-order valence-electron chi connectivity index (χ0n) is 15.6. The van der Waals surface area contributed by atoms with Crippen molar-refractivity contribution in [2.45, 2.75) is 19.9 Å². The highest BCUT2D eigenvalue weighted by atomic mass is 32.1. The molecule has 0 saturated heterocycles. The lowest BCUT2D eigenvalue weighted by Gasteiger charge is -2.09. The Morgan fingerprint density at radius 2 is 1.96 bits per heavy atom. The molecule has 144 valence electrons. The Hall–Kier alpha value is -3.19. The van der Waals surface area contributed by atoms with Gasteiger partial charge in [0.15, 0.2) is 11.9 Å². The lowest BCUT2D eigenvalue weighted by Crippen LogP contribution is -2.43. The maximum atomic E-state index is 12.7. The number of benzene rings is 1. The molecule has 2 aromatic heterocycles. The van der Waals surface area contributed by atoms with Crippen molar-refractivity contribution in [1.82, 2.24) is 0 Å². The molecule has 2 N–H and O–H groups in total. The van der Waals surface area contributed by atoms with E-state index in [1.54, 1.807) is 36.7 Å². The summed E-state index contributed by atoms with van der Waals surface area (Å²) in [4.78, 5) is 26.0. The number of carbonyl (C=O) groups is 2. The normalized spacial score (nSPS) is 11.6. The number of aromatic nitrogens is 1. The van der Waals surface area contributed by atoms with Gasteiger partial charge in [0, 0.05) is 17.9 Å². The third-order valence-corrected chi connectivity index (χ3v) is 5.26. The lowest BCUT2D eigenvalue weighted by molar-refractivity contribution is -0.705. The maximum absolute atomic E-state index is 12.7. The monoisotopic (exact) mass is 397 g/mol. The smallest absolute Gasteiger partial charge is 0.341 e. The molecule has 0 spiro atoms. The van der Waals surface area contributed by atoms with E-state index in [-0.39, 0.29) is 18.3 Å². The van der Waals surface area contributed by atoms with Crippen molar-refractivity contribution < 1.29 is 24.0 Å². The number of anilines is 1. The Labute approximate surface area is 167 Å². The van der Waals surface area contributed by atoms with Gasteiger partial charge in [-0.3, -0.25) is 4.79 Å². The number of carbonyl (C=O) groups excluding carboxylic acids is 2. The van der Waals surface area contributed by atoms with E-state index < -0.39 is 12.0 Å². The van der Waals surface area contributed by atoms with Crippen molar-refractivity contribution >= 4 is 28.2 Å². The number of aromatic hydroxyl groups is 1. The second-order valence-electron chi connectivity index (χ2n) is 6.11. The summed E-state index contributed by atoms with van der Waals surface area (Å²) in [6, 6.07) is 14.0. The highest BCUT2D eigenvalue weighted by Crippen LogP contribution is 2.36. The van der Waals surface area contributed by atoms with Crippen molar-refractivity contribution in [2.75, 3.05) is 11.9 Å². The van der Waals surface area contributed by atoms with Crippen molar-refractivity contribution in [3.8, 4) is 16.2 Å². The fraction of sp³-hybridized carbons (Fsp3) is 0.190. The van der Waals surface area contributed by atoms with Gasteiger partial charge >= 0.3 is 5.97 Å². The largest absolute Gasteiger partial charge is 0.503 e. The molecule has 28 heavy (non-hydrogen) atoms. The number of amides is 1. The Bertz CT molecular complexity index is 985. The number of thiophene rings is 1. The number of nitrogens with one attached hydrogen (secondary N) is 1. The number of ether oxygens (including phenoxy) is 1.